The van der Waals surface area contributed by atoms with Gasteiger partial charge in [-0.15, -0.1) is 0 Å². The number of fused-ring (bicyclic) bond motifs is 5. The van der Waals surface area contributed by atoms with Gasteiger partial charge >= 0.3 is 6.09 Å². The van der Waals surface area contributed by atoms with Gasteiger partial charge < -0.3 is 19.5 Å². The first-order chi connectivity index (χ1) is 13.1. The summed E-state index contributed by atoms with van der Waals surface area (Å²) in [5.74, 6) is 1.13. The number of aromatic nitrogens is 1. The van der Waals surface area contributed by atoms with Crippen LogP contribution >= 0.6 is 15.9 Å². The van der Waals surface area contributed by atoms with Gasteiger partial charge in [-0.25, -0.2) is 4.79 Å². The van der Waals surface area contributed by atoms with Crippen molar-refractivity contribution in [3.05, 3.63) is 40.4 Å². The Kier molecular flexibility index (Phi) is 4.00. The molecule has 1 aromatic heterocycles. The lowest BCUT2D eigenvalue weighted by atomic mass is 9.99. The zero-order chi connectivity index (χ0) is 18.5. The smallest absolute Gasteiger partial charge is 0.407 e. The lowest BCUT2D eigenvalue weighted by molar-refractivity contribution is 0.0474. The fraction of sp³-hybridized carbons (Fsp3) is 0.400. The van der Waals surface area contributed by atoms with Crippen molar-refractivity contribution in [3.8, 4) is 22.9 Å². The summed E-state index contributed by atoms with van der Waals surface area (Å²) in [7, 11) is 0. The van der Waals surface area contributed by atoms with E-state index in [2.05, 4.69) is 33.0 Å². The van der Waals surface area contributed by atoms with Gasteiger partial charge in [0.05, 0.1) is 0 Å². The van der Waals surface area contributed by atoms with Gasteiger partial charge in [-0.1, -0.05) is 22.0 Å². The fourth-order valence-corrected chi connectivity index (χ4v) is 5.01. The number of carboxylic acid groups (broad SMARTS) is 1. The van der Waals surface area contributed by atoms with E-state index in [4.69, 9.17) is 9.47 Å². The SMILES string of the molecule is O=C(O)N1[C@@H]2CC[C@H]1C[C@H](Oc1ccc3c(n1)OCc1cc(Br)ccc1-3)C2. The van der Waals surface area contributed by atoms with E-state index in [1.807, 2.05) is 18.2 Å². The molecule has 0 unspecified atom stereocenters. The van der Waals surface area contributed by atoms with E-state index in [0.717, 1.165) is 46.8 Å². The predicted octanol–water partition coefficient (Wildman–Crippen LogP) is 4.46. The summed E-state index contributed by atoms with van der Waals surface area (Å²) in [6.07, 6.45) is 2.47. The molecule has 1 N–H and O–H groups in total. The molecule has 3 aliphatic rings. The minimum absolute atomic E-state index is 0.00418. The lowest BCUT2D eigenvalue weighted by Crippen LogP contribution is -2.48. The van der Waals surface area contributed by atoms with Crippen LogP contribution in [0.25, 0.3) is 11.1 Å². The van der Waals surface area contributed by atoms with Crippen molar-refractivity contribution in [2.24, 2.45) is 0 Å². The molecule has 0 radical (unpaired) electrons. The highest BCUT2D eigenvalue weighted by atomic mass is 79.9. The molecule has 140 valence electrons. The second kappa shape index (κ2) is 6.41. The summed E-state index contributed by atoms with van der Waals surface area (Å²) in [4.78, 5) is 17.6. The van der Waals surface area contributed by atoms with Crippen LogP contribution in [-0.2, 0) is 6.61 Å². The topological polar surface area (TPSA) is 71.9 Å². The quantitative estimate of drug-likeness (QED) is 0.761. The maximum atomic E-state index is 11.4. The first-order valence-corrected chi connectivity index (χ1v) is 9.98. The molecule has 5 rings (SSSR count). The first kappa shape index (κ1) is 16.9. The van der Waals surface area contributed by atoms with Crippen molar-refractivity contribution >= 4 is 22.0 Å². The molecule has 2 fully saturated rings. The van der Waals surface area contributed by atoms with Gasteiger partial charge in [-0.05, 0) is 42.2 Å². The largest absolute Gasteiger partial charge is 0.474 e. The number of halogens is 1. The van der Waals surface area contributed by atoms with Gasteiger partial charge in [-0.3, -0.25) is 0 Å². The summed E-state index contributed by atoms with van der Waals surface area (Å²) in [6.45, 7) is 0.485. The van der Waals surface area contributed by atoms with E-state index in [1.54, 1.807) is 4.90 Å². The average molecular weight is 431 g/mol. The van der Waals surface area contributed by atoms with Crippen molar-refractivity contribution in [2.45, 2.75) is 50.5 Å². The summed E-state index contributed by atoms with van der Waals surface area (Å²) in [6, 6.07) is 10.1. The Morgan fingerprint density at radius 2 is 1.93 bits per heavy atom. The number of pyridine rings is 1. The number of carbonyl (C=O) groups is 1. The van der Waals surface area contributed by atoms with Crippen LogP contribution in [0.15, 0.2) is 34.8 Å². The number of rotatable bonds is 2. The average Bonchev–Trinajstić information content (AvgIpc) is 2.93. The van der Waals surface area contributed by atoms with E-state index in [1.165, 1.54) is 0 Å². The van der Waals surface area contributed by atoms with E-state index in [0.29, 0.717) is 18.4 Å². The van der Waals surface area contributed by atoms with Crippen molar-refractivity contribution in [2.75, 3.05) is 0 Å². The maximum absolute atomic E-state index is 11.4. The Labute approximate surface area is 165 Å². The van der Waals surface area contributed by atoms with Crippen molar-refractivity contribution in [1.82, 2.24) is 9.88 Å². The number of nitrogens with zero attached hydrogens (tertiary/aromatic N) is 2. The van der Waals surface area contributed by atoms with Crippen LogP contribution in [-0.4, -0.2) is 39.3 Å². The number of amides is 1. The Bertz CT molecular complexity index is 905. The van der Waals surface area contributed by atoms with Crippen LogP contribution in [0.5, 0.6) is 11.8 Å². The molecule has 3 atom stereocenters. The third kappa shape index (κ3) is 2.94. The highest BCUT2D eigenvalue weighted by molar-refractivity contribution is 9.10. The van der Waals surface area contributed by atoms with E-state index < -0.39 is 6.09 Å². The van der Waals surface area contributed by atoms with Gasteiger partial charge in [0.15, 0.2) is 0 Å². The molecular formula is C20H19BrN2O4. The molecule has 2 saturated heterocycles. The normalized spacial score (nSPS) is 25.4. The molecule has 3 aliphatic heterocycles. The summed E-state index contributed by atoms with van der Waals surface area (Å²) < 4.78 is 13.0. The van der Waals surface area contributed by atoms with Gasteiger partial charge in [0.2, 0.25) is 11.8 Å². The molecule has 4 heterocycles. The molecule has 1 amide bonds. The molecule has 6 nitrogen and oxygen atoms in total. The minimum Gasteiger partial charge on any atom is -0.474 e. The van der Waals surface area contributed by atoms with Gasteiger partial charge in [0.1, 0.15) is 12.7 Å². The molecule has 2 bridgehead atoms. The molecule has 2 aromatic rings. The highest BCUT2D eigenvalue weighted by Crippen LogP contribution is 2.40. The van der Waals surface area contributed by atoms with Gasteiger partial charge in [0.25, 0.3) is 0 Å². The second-order valence-electron chi connectivity index (χ2n) is 7.38. The van der Waals surface area contributed by atoms with E-state index in [9.17, 15) is 9.90 Å². The van der Waals surface area contributed by atoms with Crippen LogP contribution in [0.1, 0.15) is 31.2 Å². The van der Waals surface area contributed by atoms with Gasteiger partial charge in [-0.2, -0.15) is 4.98 Å². The van der Waals surface area contributed by atoms with Crippen LogP contribution in [0, 0.1) is 0 Å². The monoisotopic (exact) mass is 430 g/mol. The number of piperidine rings is 1. The third-order valence-corrected chi connectivity index (χ3v) is 6.25. The Hall–Kier alpha value is -2.28. The number of ether oxygens (including phenoxy) is 2. The van der Waals surface area contributed by atoms with Crippen molar-refractivity contribution in [3.63, 3.8) is 0 Å². The Balaban J connectivity index is 1.35. The number of hydrogen-bond donors (Lipinski definition) is 1. The molecule has 0 aliphatic carbocycles. The van der Waals surface area contributed by atoms with Gasteiger partial charge in [0, 0.05) is 41.0 Å². The van der Waals surface area contributed by atoms with E-state index >= 15 is 0 Å². The summed E-state index contributed by atoms with van der Waals surface area (Å²) in [5, 5.41) is 9.38. The molecule has 1 aromatic carbocycles. The molecule has 0 spiro atoms. The predicted molar refractivity (Wildman–Crippen MR) is 102 cm³/mol. The van der Waals surface area contributed by atoms with Crippen LogP contribution in [0.2, 0.25) is 0 Å². The number of benzene rings is 1. The van der Waals surface area contributed by atoms with Crippen molar-refractivity contribution in [1.29, 1.82) is 0 Å². The fourth-order valence-electron chi connectivity index (χ4n) is 4.60. The summed E-state index contributed by atoms with van der Waals surface area (Å²) in [5.41, 5.74) is 3.23. The highest BCUT2D eigenvalue weighted by Gasteiger charge is 2.44. The third-order valence-electron chi connectivity index (χ3n) is 5.75. The lowest BCUT2D eigenvalue weighted by Gasteiger charge is -2.36. The minimum atomic E-state index is -0.813. The van der Waals surface area contributed by atoms with Crippen LogP contribution in [0.4, 0.5) is 4.79 Å². The molecular weight excluding hydrogens is 412 g/mol. The maximum Gasteiger partial charge on any atom is 0.407 e. The molecule has 7 heteroatoms. The van der Waals surface area contributed by atoms with E-state index in [-0.39, 0.29) is 18.2 Å². The Morgan fingerprint density at radius 1 is 1.19 bits per heavy atom. The summed E-state index contributed by atoms with van der Waals surface area (Å²) >= 11 is 3.49. The second-order valence-corrected chi connectivity index (χ2v) is 8.29. The molecule has 27 heavy (non-hydrogen) atoms. The first-order valence-electron chi connectivity index (χ1n) is 9.19. The number of hydrogen-bond acceptors (Lipinski definition) is 4. The Morgan fingerprint density at radius 3 is 2.67 bits per heavy atom. The zero-order valence-corrected chi connectivity index (χ0v) is 16.2. The van der Waals surface area contributed by atoms with Crippen LogP contribution in [0.3, 0.4) is 0 Å². The zero-order valence-electron chi connectivity index (χ0n) is 14.6. The van der Waals surface area contributed by atoms with Crippen LogP contribution < -0.4 is 9.47 Å². The standard InChI is InChI=1S/C20H19BrN2O4/c21-12-1-4-16-11(7-12)10-26-19-17(16)5-6-18(22-19)27-15-8-13-2-3-14(9-15)23(13)20(24)25/h1,4-7,13-15H,2-3,8-10H2,(H,24,25)/t13-,14+,15-. The molecule has 0 saturated carbocycles. The van der Waals surface area contributed by atoms with Crippen molar-refractivity contribution < 1.29 is 19.4 Å².